The van der Waals surface area contributed by atoms with Gasteiger partial charge >= 0.3 is 0 Å². The predicted molar refractivity (Wildman–Crippen MR) is 107 cm³/mol. The smallest absolute Gasteiger partial charge is 0.255 e. The molecule has 2 aromatic rings. The zero-order valence-corrected chi connectivity index (χ0v) is 16.9. The first kappa shape index (κ1) is 20.6. The topological polar surface area (TPSA) is 49.3 Å². The van der Waals surface area contributed by atoms with Crippen molar-refractivity contribution in [2.45, 2.75) is 41.9 Å². The number of hydrogen-bond donors (Lipinski definition) is 2. The number of hydrogen-bond acceptors (Lipinski definition) is 3. The van der Waals surface area contributed by atoms with Crippen LogP contribution in [0.3, 0.4) is 0 Å². The Morgan fingerprint density at radius 1 is 1.07 bits per heavy atom. The van der Waals surface area contributed by atoms with Gasteiger partial charge in [-0.3, -0.25) is 4.79 Å². The van der Waals surface area contributed by atoms with Gasteiger partial charge in [0.15, 0.2) is 17.5 Å². The van der Waals surface area contributed by atoms with E-state index < -0.39 is 23.4 Å². The summed E-state index contributed by atoms with van der Waals surface area (Å²) in [6, 6.07) is 6.23. The normalized spacial score (nSPS) is 25.8. The number of benzene rings is 2. The van der Waals surface area contributed by atoms with E-state index in [1.807, 2.05) is 0 Å². The maximum Gasteiger partial charge on any atom is 0.255 e. The first-order valence-corrected chi connectivity index (χ1v) is 10.7. The molecule has 0 spiro atoms. The third-order valence-corrected chi connectivity index (χ3v) is 7.49. The fourth-order valence-corrected chi connectivity index (χ4v) is 5.96. The van der Waals surface area contributed by atoms with Crippen LogP contribution in [0.5, 0.6) is 0 Å². The number of rotatable bonds is 4. The zero-order valence-electron chi connectivity index (χ0n) is 15.3. The Morgan fingerprint density at radius 3 is 2.31 bits per heavy atom. The number of halogens is 4. The lowest BCUT2D eigenvalue weighted by atomic mass is 9.86. The lowest BCUT2D eigenvalue weighted by Crippen LogP contribution is -2.31. The highest BCUT2D eigenvalue weighted by molar-refractivity contribution is 8.00. The van der Waals surface area contributed by atoms with Crippen LogP contribution >= 0.6 is 23.4 Å². The highest BCUT2D eigenvalue weighted by Crippen LogP contribution is 2.48. The van der Waals surface area contributed by atoms with Gasteiger partial charge in [0.05, 0.1) is 11.1 Å². The molecule has 8 heteroatoms. The molecular formula is C21H19ClF3NO2S. The minimum Gasteiger partial charge on any atom is -0.393 e. The number of aliphatic hydroxyl groups is 1. The molecular weight excluding hydrogens is 423 g/mol. The molecule has 29 heavy (non-hydrogen) atoms. The number of carbonyl (C=O) groups is 1. The van der Waals surface area contributed by atoms with E-state index in [9.17, 15) is 23.1 Å². The van der Waals surface area contributed by atoms with E-state index >= 15 is 0 Å². The highest BCUT2D eigenvalue weighted by atomic mass is 35.5. The summed E-state index contributed by atoms with van der Waals surface area (Å²) in [6.45, 7) is 0. The fraction of sp³-hybridized carbons (Fsp3) is 0.381. The van der Waals surface area contributed by atoms with Gasteiger partial charge in [-0.15, -0.1) is 11.8 Å². The maximum absolute atomic E-state index is 13.4. The second kappa shape index (κ2) is 8.20. The van der Waals surface area contributed by atoms with Crippen LogP contribution in [-0.2, 0) is 0 Å². The Balaban J connectivity index is 1.48. The summed E-state index contributed by atoms with van der Waals surface area (Å²) in [5.74, 6) is -4.27. The van der Waals surface area contributed by atoms with E-state index in [4.69, 9.17) is 11.6 Å². The van der Waals surface area contributed by atoms with E-state index in [0.717, 1.165) is 42.7 Å². The SMILES string of the molecule is O=C(Nc1cc(F)c(F)c(F)c1)c1ccc(Cl)c(S[C@H]2CC3CCC(C2)[C@H]3O)c1. The third-order valence-electron chi connectivity index (χ3n) is 5.73. The molecule has 0 saturated heterocycles. The van der Waals surface area contributed by atoms with Gasteiger partial charge in [0, 0.05) is 33.5 Å². The number of aliphatic hydroxyl groups excluding tert-OH is 1. The van der Waals surface area contributed by atoms with Gasteiger partial charge in [-0.25, -0.2) is 13.2 Å². The monoisotopic (exact) mass is 441 g/mol. The lowest BCUT2D eigenvalue weighted by Gasteiger charge is -2.32. The van der Waals surface area contributed by atoms with Gasteiger partial charge in [0.1, 0.15) is 0 Å². The number of fused-ring (bicyclic) bond motifs is 2. The summed E-state index contributed by atoms with van der Waals surface area (Å²) >= 11 is 7.91. The molecule has 2 aromatic carbocycles. The average Bonchev–Trinajstić information content (AvgIpc) is 2.89. The second-order valence-corrected chi connectivity index (χ2v) is 9.40. The van der Waals surface area contributed by atoms with E-state index in [0.29, 0.717) is 22.1 Å². The molecule has 2 atom stereocenters. The molecule has 0 radical (unpaired) electrons. The van der Waals surface area contributed by atoms with Gasteiger partial charge in [-0.1, -0.05) is 11.6 Å². The number of amides is 1. The molecule has 2 aliphatic rings. The van der Waals surface area contributed by atoms with E-state index in [1.165, 1.54) is 6.07 Å². The zero-order chi connectivity index (χ0) is 20.7. The van der Waals surface area contributed by atoms with Crippen LogP contribution in [0.4, 0.5) is 18.9 Å². The molecule has 2 bridgehead atoms. The summed E-state index contributed by atoms with van der Waals surface area (Å²) in [7, 11) is 0. The predicted octanol–water partition coefficient (Wildman–Crippen LogP) is 5.65. The highest BCUT2D eigenvalue weighted by Gasteiger charge is 2.42. The van der Waals surface area contributed by atoms with Crippen molar-refractivity contribution in [3.05, 3.63) is 58.4 Å². The molecule has 2 saturated carbocycles. The molecule has 2 aliphatic carbocycles. The van der Waals surface area contributed by atoms with Crippen LogP contribution in [0.25, 0.3) is 0 Å². The molecule has 2 N–H and O–H groups in total. The Labute approximate surface area is 175 Å². The van der Waals surface area contributed by atoms with Crippen LogP contribution in [0, 0.1) is 29.3 Å². The van der Waals surface area contributed by atoms with Gasteiger partial charge in [0.25, 0.3) is 5.91 Å². The largest absolute Gasteiger partial charge is 0.393 e. The van der Waals surface area contributed by atoms with Crippen LogP contribution in [0.2, 0.25) is 5.02 Å². The van der Waals surface area contributed by atoms with Crippen molar-refractivity contribution in [3.8, 4) is 0 Å². The number of nitrogens with one attached hydrogen (secondary N) is 1. The molecule has 0 heterocycles. The molecule has 3 nitrogen and oxygen atoms in total. The van der Waals surface area contributed by atoms with Crippen LogP contribution in [0.15, 0.2) is 35.2 Å². The lowest BCUT2D eigenvalue weighted by molar-refractivity contribution is 0.0628. The van der Waals surface area contributed by atoms with Crippen molar-refractivity contribution in [3.63, 3.8) is 0 Å². The number of thioether (sulfide) groups is 1. The van der Waals surface area contributed by atoms with Crippen molar-refractivity contribution >= 4 is 35.0 Å². The molecule has 1 amide bonds. The molecule has 2 fully saturated rings. The Morgan fingerprint density at radius 2 is 1.69 bits per heavy atom. The fourth-order valence-electron chi connectivity index (χ4n) is 4.28. The van der Waals surface area contributed by atoms with Gasteiger partial charge in [-0.2, -0.15) is 0 Å². The summed E-state index contributed by atoms with van der Waals surface area (Å²) < 4.78 is 39.8. The molecule has 2 unspecified atom stereocenters. The number of carbonyl (C=O) groups excluding carboxylic acids is 1. The molecule has 0 aromatic heterocycles. The second-order valence-electron chi connectivity index (χ2n) is 7.65. The van der Waals surface area contributed by atoms with E-state index in [-0.39, 0.29) is 17.4 Å². The van der Waals surface area contributed by atoms with Crippen molar-refractivity contribution in [1.29, 1.82) is 0 Å². The van der Waals surface area contributed by atoms with Crippen molar-refractivity contribution in [2.75, 3.05) is 5.32 Å². The minimum atomic E-state index is -1.58. The number of anilines is 1. The van der Waals surface area contributed by atoms with Crippen LogP contribution < -0.4 is 5.32 Å². The standard InChI is InChI=1S/C21H19ClF3NO2S/c22-15-4-3-12(21(28)26-13-8-16(23)19(25)17(24)9-13)7-18(15)29-14-5-10-1-2-11(6-14)20(10)27/h3-4,7-11,14,20,27H,1-2,5-6H2,(H,26,28)/t10?,11?,14-,20-. The van der Waals surface area contributed by atoms with Gasteiger partial charge in [0.2, 0.25) is 0 Å². The Hall–Kier alpha value is -1.70. The Kier molecular flexibility index (Phi) is 5.82. The molecule has 0 aliphatic heterocycles. The van der Waals surface area contributed by atoms with Crippen LogP contribution in [-0.4, -0.2) is 22.4 Å². The third kappa shape index (κ3) is 4.27. The average molecular weight is 442 g/mol. The van der Waals surface area contributed by atoms with Crippen molar-refractivity contribution < 1.29 is 23.1 Å². The summed E-state index contributed by atoms with van der Waals surface area (Å²) in [5, 5.41) is 13.4. The van der Waals surface area contributed by atoms with Gasteiger partial charge in [-0.05, 0) is 55.7 Å². The summed E-state index contributed by atoms with van der Waals surface area (Å²) in [5.41, 5.74) is 0.106. The molecule has 154 valence electrons. The quantitative estimate of drug-likeness (QED) is 0.603. The van der Waals surface area contributed by atoms with E-state index in [2.05, 4.69) is 5.32 Å². The first-order valence-electron chi connectivity index (χ1n) is 9.42. The Bertz CT molecular complexity index is 921. The molecule has 4 rings (SSSR count). The minimum absolute atomic E-state index is 0.173. The van der Waals surface area contributed by atoms with Crippen molar-refractivity contribution in [1.82, 2.24) is 0 Å². The maximum atomic E-state index is 13.4. The van der Waals surface area contributed by atoms with Gasteiger partial charge < -0.3 is 10.4 Å². The van der Waals surface area contributed by atoms with Crippen LogP contribution in [0.1, 0.15) is 36.0 Å². The van der Waals surface area contributed by atoms with E-state index in [1.54, 1.807) is 23.9 Å². The van der Waals surface area contributed by atoms with Crippen molar-refractivity contribution in [2.24, 2.45) is 11.8 Å². The summed E-state index contributed by atoms with van der Waals surface area (Å²) in [6.07, 6.45) is 3.69. The first-order chi connectivity index (χ1) is 13.8. The summed E-state index contributed by atoms with van der Waals surface area (Å²) in [4.78, 5) is 13.2.